The Kier molecular flexibility index (Phi) is 5.67. The highest BCUT2D eigenvalue weighted by Gasteiger charge is 2.05. The lowest BCUT2D eigenvalue weighted by molar-refractivity contribution is 1.15. The van der Waals surface area contributed by atoms with Crippen LogP contribution in [0.4, 0.5) is 11.6 Å². The van der Waals surface area contributed by atoms with E-state index in [1.165, 1.54) is 0 Å². The van der Waals surface area contributed by atoms with Gasteiger partial charge in [0.2, 0.25) is 5.95 Å². The van der Waals surface area contributed by atoms with Crippen LogP contribution in [-0.4, -0.2) is 20.7 Å². The molecule has 0 atom stereocenters. The first-order chi connectivity index (χ1) is 11.7. The van der Waals surface area contributed by atoms with Gasteiger partial charge in [0.15, 0.2) is 0 Å². The van der Waals surface area contributed by atoms with Crippen LogP contribution in [0, 0.1) is 0 Å². The molecule has 0 bridgehead atoms. The van der Waals surface area contributed by atoms with E-state index in [2.05, 4.69) is 33.3 Å². The third-order valence-electron chi connectivity index (χ3n) is 3.30. The Labute approximate surface area is 150 Å². The van der Waals surface area contributed by atoms with Crippen LogP contribution in [0.25, 0.3) is 11.3 Å². The number of halogens is 1. The van der Waals surface area contributed by atoms with Gasteiger partial charge < -0.3 is 5.32 Å². The Balaban J connectivity index is 1.82. The molecule has 0 spiro atoms. The van der Waals surface area contributed by atoms with E-state index < -0.39 is 0 Å². The first kappa shape index (κ1) is 16.7. The first-order valence-corrected chi connectivity index (χ1v) is 9.16. The lowest BCUT2D eigenvalue weighted by Gasteiger charge is -2.08. The molecule has 1 aromatic carbocycles. The van der Waals surface area contributed by atoms with Gasteiger partial charge in [-0.3, -0.25) is 4.98 Å². The van der Waals surface area contributed by atoms with Crippen LogP contribution in [0.3, 0.4) is 0 Å². The molecule has 0 saturated heterocycles. The molecule has 0 amide bonds. The number of pyridine rings is 1. The second-order valence-electron chi connectivity index (χ2n) is 5.07. The van der Waals surface area contributed by atoms with Crippen molar-refractivity contribution in [2.75, 3.05) is 11.1 Å². The summed E-state index contributed by atoms with van der Waals surface area (Å²) in [5.41, 5.74) is 3.81. The largest absolute Gasteiger partial charge is 0.324 e. The Morgan fingerprint density at radius 2 is 1.96 bits per heavy atom. The molecular weight excluding hydrogens is 340 g/mol. The quantitative estimate of drug-likeness (QED) is 0.658. The van der Waals surface area contributed by atoms with Crippen LogP contribution < -0.4 is 5.32 Å². The number of rotatable bonds is 6. The minimum atomic E-state index is 0.538. The summed E-state index contributed by atoms with van der Waals surface area (Å²) >= 11 is 7.86. The topological polar surface area (TPSA) is 50.7 Å². The molecule has 0 aliphatic carbocycles. The summed E-state index contributed by atoms with van der Waals surface area (Å²) in [5.74, 6) is 2.52. The normalized spacial score (nSPS) is 10.6. The molecule has 0 fully saturated rings. The van der Waals surface area contributed by atoms with Crippen molar-refractivity contribution in [3.8, 4) is 11.3 Å². The fraction of sp³-hybridized carbons (Fsp3) is 0.167. The smallest absolute Gasteiger partial charge is 0.227 e. The third kappa shape index (κ3) is 4.46. The second kappa shape index (κ2) is 8.13. The van der Waals surface area contributed by atoms with Crippen molar-refractivity contribution < 1.29 is 0 Å². The Hall–Kier alpha value is -2.11. The molecule has 1 N–H and O–H groups in total. The molecule has 6 heteroatoms. The highest BCUT2D eigenvalue weighted by Crippen LogP contribution is 2.22. The lowest BCUT2D eigenvalue weighted by atomic mass is 10.1. The van der Waals surface area contributed by atoms with Crippen molar-refractivity contribution in [2.24, 2.45) is 0 Å². The fourth-order valence-electron chi connectivity index (χ4n) is 2.20. The van der Waals surface area contributed by atoms with Crippen molar-refractivity contribution in [2.45, 2.75) is 12.7 Å². The molecule has 2 heterocycles. The van der Waals surface area contributed by atoms with Gasteiger partial charge in [0.25, 0.3) is 0 Å². The standard InChI is InChI=1S/C18H17ClN4S/c1-2-24-12-16-10-13(6-8-20-16)17-7-9-21-18(23-17)22-15-5-3-4-14(19)11-15/h3-11H,2,12H2,1H3,(H,21,22,23). The summed E-state index contributed by atoms with van der Waals surface area (Å²) in [6, 6.07) is 13.4. The van der Waals surface area contributed by atoms with Crippen molar-refractivity contribution in [1.82, 2.24) is 15.0 Å². The first-order valence-electron chi connectivity index (χ1n) is 7.63. The maximum atomic E-state index is 6.01. The number of anilines is 2. The van der Waals surface area contributed by atoms with Crippen LogP contribution in [0.5, 0.6) is 0 Å². The van der Waals surface area contributed by atoms with E-state index in [0.29, 0.717) is 11.0 Å². The minimum Gasteiger partial charge on any atom is -0.324 e. The van der Waals surface area contributed by atoms with E-state index in [1.807, 2.05) is 54.4 Å². The summed E-state index contributed by atoms with van der Waals surface area (Å²) in [6.07, 6.45) is 3.57. The molecule has 2 aromatic heterocycles. The van der Waals surface area contributed by atoms with Crippen molar-refractivity contribution in [3.63, 3.8) is 0 Å². The molecule has 0 radical (unpaired) electrons. The zero-order valence-electron chi connectivity index (χ0n) is 13.2. The molecule has 0 unspecified atom stereocenters. The zero-order chi connectivity index (χ0) is 16.8. The van der Waals surface area contributed by atoms with Gasteiger partial charge >= 0.3 is 0 Å². The predicted molar refractivity (Wildman–Crippen MR) is 102 cm³/mol. The minimum absolute atomic E-state index is 0.538. The molecule has 4 nitrogen and oxygen atoms in total. The Morgan fingerprint density at radius 3 is 2.79 bits per heavy atom. The van der Waals surface area contributed by atoms with E-state index >= 15 is 0 Å². The van der Waals surface area contributed by atoms with Gasteiger partial charge in [0.1, 0.15) is 0 Å². The van der Waals surface area contributed by atoms with Gasteiger partial charge in [-0.1, -0.05) is 24.6 Å². The Bertz CT molecular complexity index is 825. The average Bonchev–Trinajstić information content (AvgIpc) is 2.60. The van der Waals surface area contributed by atoms with Gasteiger partial charge in [-0.2, -0.15) is 11.8 Å². The summed E-state index contributed by atoms with van der Waals surface area (Å²) in [6.45, 7) is 2.15. The molecule has 0 aliphatic heterocycles. The number of nitrogens with zero attached hydrogens (tertiary/aromatic N) is 3. The number of hydrogen-bond donors (Lipinski definition) is 1. The maximum Gasteiger partial charge on any atom is 0.227 e. The number of nitrogens with one attached hydrogen (secondary N) is 1. The summed E-state index contributed by atoms with van der Waals surface area (Å²) in [7, 11) is 0. The highest BCUT2D eigenvalue weighted by atomic mass is 35.5. The van der Waals surface area contributed by atoms with Gasteiger partial charge in [-0.15, -0.1) is 0 Å². The second-order valence-corrected chi connectivity index (χ2v) is 6.78. The average molecular weight is 357 g/mol. The van der Waals surface area contributed by atoms with Crippen molar-refractivity contribution in [1.29, 1.82) is 0 Å². The van der Waals surface area contributed by atoms with E-state index in [0.717, 1.165) is 34.1 Å². The number of aromatic nitrogens is 3. The molecule has 0 saturated carbocycles. The molecule has 122 valence electrons. The van der Waals surface area contributed by atoms with Crippen molar-refractivity contribution in [3.05, 3.63) is 65.6 Å². The molecule has 3 rings (SSSR count). The van der Waals surface area contributed by atoms with E-state index in [4.69, 9.17) is 11.6 Å². The van der Waals surface area contributed by atoms with Gasteiger partial charge in [-0.05, 0) is 42.2 Å². The number of hydrogen-bond acceptors (Lipinski definition) is 5. The fourth-order valence-corrected chi connectivity index (χ4v) is 2.96. The van der Waals surface area contributed by atoms with Crippen LogP contribution in [-0.2, 0) is 5.75 Å². The van der Waals surface area contributed by atoms with E-state index in [-0.39, 0.29) is 0 Å². The number of thioether (sulfide) groups is 1. The SMILES string of the molecule is CCSCc1cc(-c2ccnc(Nc3cccc(Cl)c3)n2)ccn1. The number of benzene rings is 1. The maximum absolute atomic E-state index is 6.01. The Morgan fingerprint density at radius 1 is 1.08 bits per heavy atom. The molecule has 24 heavy (non-hydrogen) atoms. The van der Waals surface area contributed by atoms with Crippen LogP contribution in [0.15, 0.2) is 54.9 Å². The lowest BCUT2D eigenvalue weighted by Crippen LogP contribution is -1.98. The summed E-state index contributed by atoms with van der Waals surface area (Å²) in [4.78, 5) is 13.3. The molecular formula is C18H17ClN4S. The molecule has 3 aromatic rings. The van der Waals surface area contributed by atoms with E-state index in [9.17, 15) is 0 Å². The van der Waals surface area contributed by atoms with Gasteiger partial charge in [-0.25, -0.2) is 9.97 Å². The molecule has 0 aliphatic rings. The van der Waals surface area contributed by atoms with Gasteiger partial charge in [0, 0.05) is 34.4 Å². The zero-order valence-corrected chi connectivity index (χ0v) is 14.8. The van der Waals surface area contributed by atoms with Crippen molar-refractivity contribution >= 4 is 35.0 Å². The summed E-state index contributed by atoms with van der Waals surface area (Å²) in [5, 5.41) is 3.85. The monoisotopic (exact) mass is 356 g/mol. The van der Waals surface area contributed by atoms with Crippen LogP contribution >= 0.6 is 23.4 Å². The van der Waals surface area contributed by atoms with E-state index in [1.54, 1.807) is 6.20 Å². The van der Waals surface area contributed by atoms with Crippen LogP contribution in [0.2, 0.25) is 5.02 Å². The predicted octanol–water partition coefficient (Wildman–Crippen LogP) is 5.19. The highest BCUT2D eigenvalue weighted by molar-refractivity contribution is 7.98. The third-order valence-corrected chi connectivity index (χ3v) is 4.45. The van der Waals surface area contributed by atoms with Gasteiger partial charge in [0.05, 0.1) is 11.4 Å². The van der Waals surface area contributed by atoms with Crippen LogP contribution in [0.1, 0.15) is 12.6 Å². The summed E-state index contributed by atoms with van der Waals surface area (Å²) < 4.78 is 0.